The lowest BCUT2D eigenvalue weighted by atomic mass is 9.77. The summed E-state index contributed by atoms with van der Waals surface area (Å²) in [7, 11) is 0. The van der Waals surface area contributed by atoms with E-state index in [1.165, 1.54) is 18.3 Å². The molecule has 2 heterocycles. The van der Waals surface area contributed by atoms with Crippen molar-refractivity contribution in [2.24, 2.45) is 16.5 Å². The molecule has 1 aromatic carbocycles. The van der Waals surface area contributed by atoms with E-state index in [4.69, 9.17) is 16.7 Å². The topological polar surface area (TPSA) is 118 Å². The smallest absolute Gasteiger partial charge is 0.280 e. The second-order valence-electron chi connectivity index (χ2n) is 7.85. The molecule has 2 aromatic rings. The maximum atomic E-state index is 14.9. The quantitative estimate of drug-likeness (QED) is 0.720. The third-order valence-electron chi connectivity index (χ3n) is 5.42. The van der Waals surface area contributed by atoms with Crippen molar-refractivity contribution in [3.8, 4) is 6.07 Å². The number of pyridine rings is 1. The first kappa shape index (κ1) is 22.2. The summed E-state index contributed by atoms with van der Waals surface area (Å²) in [6, 6.07) is 6.74. The van der Waals surface area contributed by atoms with Gasteiger partial charge in [-0.05, 0) is 49.6 Å². The van der Waals surface area contributed by atoms with Crippen molar-refractivity contribution in [2.45, 2.75) is 43.8 Å². The van der Waals surface area contributed by atoms with Crippen molar-refractivity contribution in [1.82, 2.24) is 4.98 Å². The zero-order chi connectivity index (χ0) is 23.2. The highest BCUT2D eigenvalue weighted by molar-refractivity contribution is 5.92. The molecule has 0 spiro atoms. The minimum Gasteiger partial charge on any atom is -0.385 e. The molecular formula is C21H19F4N5O. The number of carbonyl (C=O) groups is 1. The van der Waals surface area contributed by atoms with Gasteiger partial charge in [-0.25, -0.2) is 22.5 Å². The molecule has 1 amide bonds. The second kappa shape index (κ2) is 7.34. The SMILES string of the molecule is C[C@]1(F)CC(F)(F)[C@@](C)(c2cc(Cc3cc(C#N)cnc3C(N)=O)ccc2F)N=C1N. The van der Waals surface area contributed by atoms with E-state index >= 15 is 0 Å². The third kappa shape index (κ3) is 3.83. The summed E-state index contributed by atoms with van der Waals surface area (Å²) in [5.74, 6) is -6.19. The molecule has 31 heavy (non-hydrogen) atoms. The molecule has 2 atom stereocenters. The number of amides is 1. The van der Waals surface area contributed by atoms with Crippen molar-refractivity contribution in [3.05, 3.63) is 64.2 Å². The van der Waals surface area contributed by atoms with Crippen LogP contribution in [0.3, 0.4) is 0 Å². The van der Waals surface area contributed by atoms with Gasteiger partial charge in [-0.1, -0.05) is 6.07 Å². The number of hydrogen-bond donors (Lipinski definition) is 2. The number of hydrogen-bond acceptors (Lipinski definition) is 5. The Morgan fingerprint density at radius 1 is 1.26 bits per heavy atom. The van der Waals surface area contributed by atoms with Crippen LogP contribution >= 0.6 is 0 Å². The van der Waals surface area contributed by atoms with Crippen LogP contribution in [0.25, 0.3) is 0 Å². The number of aromatic nitrogens is 1. The van der Waals surface area contributed by atoms with Crippen LogP contribution in [0.5, 0.6) is 0 Å². The molecule has 0 unspecified atom stereocenters. The van der Waals surface area contributed by atoms with Gasteiger partial charge in [0.1, 0.15) is 23.4 Å². The van der Waals surface area contributed by atoms with E-state index < -0.39 is 46.7 Å². The Morgan fingerprint density at radius 2 is 1.94 bits per heavy atom. The van der Waals surface area contributed by atoms with Crippen LogP contribution in [0, 0.1) is 17.1 Å². The summed E-state index contributed by atoms with van der Waals surface area (Å²) >= 11 is 0. The Balaban J connectivity index is 2.12. The van der Waals surface area contributed by atoms with Gasteiger partial charge in [-0.15, -0.1) is 0 Å². The highest BCUT2D eigenvalue weighted by atomic mass is 19.3. The maximum absolute atomic E-state index is 14.9. The third-order valence-corrected chi connectivity index (χ3v) is 5.42. The van der Waals surface area contributed by atoms with Gasteiger partial charge in [0.15, 0.2) is 11.2 Å². The first-order chi connectivity index (χ1) is 14.3. The zero-order valence-corrected chi connectivity index (χ0v) is 16.7. The number of rotatable bonds is 4. The maximum Gasteiger partial charge on any atom is 0.280 e. The normalized spacial score (nSPS) is 24.9. The van der Waals surface area contributed by atoms with Crippen molar-refractivity contribution in [1.29, 1.82) is 5.26 Å². The first-order valence-corrected chi connectivity index (χ1v) is 9.21. The molecule has 0 aliphatic carbocycles. The Hall–Kier alpha value is -3.48. The molecule has 0 radical (unpaired) electrons. The van der Waals surface area contributed by atoms with Gasteiger partial charge < -0.3 is 11.5 Å². The number of nitrogens with zero attached hydrogens (tertiary/aromatic N) is 3. The standard InChI is InChI=1S/C21H19F4N5O/c1-19(23)10-21(24,25)20(2,30-18(19)28)14-7-11(3-4-15(14)22)5-13-6-12(8-26)9-29-16(13)17(27)31/h3-4,6-7,9H,5,10H2,1-2H3,(H2,27,31)(H2,28,30)/t19-,20+/m0/s1. The van der Waals surface area contributed by atoms with Crippen molar-refractivity contribution in [2.75, 3.05) is 0 Å². The number of carbonyl (C=O) groups excluding carboxylic acids is 1. The largest absolute Gasteiger partial charge is 0.385 e. The molecule has 10 heteroatoms. The highest BCUT2D eigenvalue weighted by Crippen LogP contribution is 2.50. The molecule has 1 aromatic heterocycles. The number of aliphatic imine (C=N–C) groups is 1. The lowest BCUT2D eigenvalue weighted by Gasteiger charge is -2.42. The van der Waals surface area contributed by atoms with Gasteiger partial charge in [0.25, 0.3) is 11.8 Å². The Morgan fingerprint density at radius 3 is 2.55 bits per heavy atom. The summed E-state index contributed by atoms with van der Waals surface area (Å²) in [5.41, 5.74) is 6.10. The first-order valence-electron chi connectivity index (χ1n) is 9.21. The fourth-order valence-electron chi connectivity index (χ4n) is 3.58. The molecule has 0 bridgehead atoms. The van der Waals surface area contributed by atoms with Gasteiger partial charge in [0.05, 0.1) is 12.0 Å². The summed E-state index contributed by atoms with van der Waals surface area (Å²) < 4.78 is 58.9. The molecule has 0 saturated carbocycles. The Bertz CT molecular complexity index is 1140. The van der Waals surface area contributed by atoms with Crippen LogP contribution in [-0.2, 0) is 12.0 Å². The van der Waals surface area contributed by atoms with Gasteiger partial charge in [0.2, 0.25) is 0 Å². The van der Waals surface area contributed by atoms with Crippen LogP contribution in [0.2, 0.25) is 0 Å². The van der Waals surface area contributed by atoms with Gasteiger partial charge in [-0.2, -0.15) is 5.26 Å². The van der Waals surface area contributed by atoms with Crippen LogP contribution in [0.15, 0.2) is 35.5 Å². The fraction of sp³-hybridized carbons (Fsp3) is 0.333. The molecule has 1 aliphatic heterocycles. The van der Waals surface area contributed by atoms with E-state index in [-0.39, 0.29) is 23.2 Å². The van der Waals surface area contributed by atoms with Crippen molar-refractivity contribution in [3.63, 3.8) is 0 Å². The number of alkyl halides is 3. The lowest BCUT2D eigenvalue weighted by Crippen LogP contribution is -2.56. The molecule has 0 fully saturated rings. The molecule has 0 saturated heterocycles. The highest BCUT2D eigenvalue weighted by Gasteiger charge is 2.60. The number of halogens is 4. The van der Waals surface area contributed by atoms with Crippen LogP contribution in [0.1, 0.15) is 53.0 Å². The number of amidine groups is 1. The van der Waals surface area contributed by atoms with Crippen LogP contribution < -0.4 is 11.5 Å². The zero-order valence-electron chi connectivity index (χ0n) is 16.7. The predicted molar refractivity (Wildman–Crippen MR) is 105 cm³/mol. The molecule has 6 nitrogen and oxygen atoms in total. The molecule has 4 N–H and O–H groups in total. The minimum atomic E-state index is -3.74. The molecule has 162 valence electrons. The number of primary amides is 1. The summed E-state index contributed by atoms with van der Waals surface area (Å²) in [4.78, 5) is 19.2. The van der Waals surface area contributed by atoms with Crippen molar-refractivity contribution >= 4 is 11.7 Å². The predicted octanol–water partition coefficient (Wildman–Crippen LogP) is 3.12. The van der Waals surface area contributed by atoms with E-state index in [0.717, 1.165) is 26.0 Å². The molecule has 1 aliphatic rings. The van der Waals surface area contributed by atoms with E-state index in [0.29, 0.717) is 5.56 Å². The number of nitriles is 1. The summed E-state index contributed by atoms with van der Waals surface area (Å²) in [6.45, 7) is 1.89. The second-order valence-corrected chi connectivity index (χ2v) is 7.85. The number of benzene rings is 1. The number of nitrogens with two attached hydrogens (primary N) is 2. The van der Waals surface area contributed by atoms with Crippen LogP contribution in [0.4, 0.5) is 17.6 Å². The Labute approximate surface area is 175 Å². The minimum absolute atomic E-state index is 0.0459. The Kier molecular flexibility index (Phi) is 5.26. The lowest BCUT2D eigenvalue weighted by molar-refractivity contribution is -0.106. The van der Waals surface area contributed by atoms with Gasteiger partial charge in [0, 0.05) is 11.8 Å². The van der Waals surface area contributed by atoms with Gasteiger partial charge in [-0.3, -0.25) is 9.79 Å². The molecular weight excluding hydrogens is 414 g/mol. The van der Waals surface area contributed by atoms with E-state index in [9.17, 15) is 22.4 Å². The average Bonchev–Trinajstić information content (AvgIpc) is 2.67. The average molecular weight is 433 g/mol. The monoisotopic (exact) mass is 433 g/mol. The van der Waals surface area contributed by atoms with Gasteiger partial charge >= 0.3 is 0 Å². The van der Waals surface area contributed by atoms with Crippen LogP contribution in [-0.4, -0.2) is 28.3 Å². The van der Waals surface area contributed by atoms with E-state index in [1.807, 2.05) is 6.07 Å². The summed E-state index contributed by atoms with van der Waals surface area (Å²) in [5, 5.41) is 9.07. The molecule has 3 rings (SSSR count). The van der Waals surface area contributed by atoms with E-state index in [1.54, 1.807) is 0 Å². The van der Waals surface area contributed by atoms with Crippen molar-refractivity contribution < 1.29 is 22.4 Å². The fourth-order valence-corrected chi connectivity index (χ4v) is 3.58. The van der Waals surface area contributed by atoms with E-state index in [2.05, 4.69) is 9.98 Å². The summed E-state index contributed by atoms with van der Waals surface area (Å²) in [6.07, 6.45) is -0.125.